The van der Waals surface area contributed by atoms with Gasteiger partial charge in [0.05, 0.1) is 0 Å². The van der Waals surface area contributed by atoms with Crippen molar-refractivity contribution in [3.8, 4) is 0 Å². The molecule has 2 aromatic rings. The fourth-order valence-corrected chi connectivity index (χ4v) is 3.32. The smallest absolute Gasteiger partial charge is 0.168 e. The zero-order valence-electron chi connectivity index (χ0n) is 11.9. The minimum atomic E-state index is -0.531. The second kappa shape index (κ2) is 5.37. The summed E-state index contributed by atoms with van der Waals surface area (Å²) >= 11 is 0. The van der Waals surface area contributed by atoms with Crippen molar-refractivity contribution >= 4 is 16.6 Å². The zero-order valence-corrected chi connectivity index (χ0v) is 11.9. The van der Waals surface area contributed by atoms with Crippen LogP contribution in [-0.2, 0) is 16.0 Å². The molecule has 1 saturated carbocycles. The first-order chi connectivity index (χ1) is 9.75. The Labute approximate surface area is 119 Å². The minimum absolute atomic E-state index is 0.230. The second-order valence-electron chi connectivity index (χ2n) is 5.64. The summed E-state index contributed by atoms with van der Waals surface area (Å²) in [6, 6.07) is 14.4. The van der Waals surface area contributed by atoms with Gasteiger partial charge in [-0.3, -0.25) is 4.79 Å². The van der Waals surface area contributed by atoms with Crippen LogP contribution in [0.25, 0.3) is 10.8 Å². The SMILES string of the molecule is COC1(C(=O)Cc2cccc3ccccc23)CCCC1. The van der Waals surface area contributed by atoms with Crippen LogP contribution in [0.1, 0.15) is 31.2 Å². The summed E-state index contributed by atoms with van der Waals surface area (Å²) in [6.45, 7) is 0. The molecule has 104 valence electrons. The van der Waals surface area contributed by atoms with Gasteiger partial charge in [-0.1, -0.05) is 42.5 Å². The lowest BCUT2D eigenvalue weighted by molar-refractivity contribution is -0.139. The number of ketones is 1. The van der Waals surface area contributed by atoms with Crippen LogP contribution in [0, 0.1) is 0 Å². The van der Waals surface area contributed by atoms with Gasteiger partial charge in [0.15, 0.2) is 5.78 Å². The normalized spacial score (nSPS) is 17.4. The zero-order chi connectivity index (χ0) is 14.0. The van der Waals surface area contributed by atoms with Gasteiger partial charge >= 0.3 is 0 Å². The molecule has 0 N–H and O–H groups in total. The van der Waals surface area contributed by atoms with Crippen molar-refractivity contribution in [1.82, 2.24) is 0 Å². The Morgan fingerprint density at radius 1 is 1.10 bits per heavy atom. The summed E-state index contributed by atoms with van der Waals surface area (Å²) in [5, 5.41) is 2.36. The Morgan fingerprint density at radius 2 is 1.80 bits per heavy atom. The summed E-state index contributed by atoms with van der Waals surface area (Å²) in [6.07, 6.45) is 4.39. The third kappa shape index (κ3) is 2.25. The predicted molar refractivity (Wildman–Crippen MR) is 80.9 cm³/mol. The van der Waals surface area contributed by atoms with Crippen molar-refractivity contribution in [2.24, 2.45) is 0 Å². The van der Waals surface area contributed by atoms with Gasteiger partial charge in [0.1, 0.15) is 5.60 Å². The van der Waals surface area contributed by atoms with E-state index in [0.29, 0.717) is 6.42 Å². The minimum Gasteiger partial charge on any atom is -0.370 e. The number of ether oxygens (including phenoxy) is 1. The van der Waals surface area contributed by atoms with Gasteiger partial charge in [-0.05, 0) is 42.0 Å². The lowest BCUT2D eigenvalue weighted by Crippen LogP contribution is -2.38. The van der Waals surface area contributed by atoms with E-state index in [0.717, 1.165) is 31.2 Å². The Morgan fingerprint density at radius 3 is 2.55 bits per heavy atom. The summed E-state index contributed by atoms with van der Waals surface area (Å²) in [5.41, 5.74) is 0.577. The van der Waals surface area contributed by atoms with E-state index in [1.165, 1.54) is 10.8 Å². The summed E-state index contributed by atoms with van der Waals surface area (Å²) in [4.78, 5) is 12.7. The quantitative estimate of drug-likeness (QED) is 0.840. The second-order valence-corrected chi connectivity index (χ2v) is 5.64. The number of methoxy groups -OCH3 is 1. The van der Waals surface area contributed by atoms with E-state index >= 15 is 0 Å². The molecule has 2 heteroatoms. The first-order valence-corrected chi connectivity index (χ1v) is 7.30. The number of carbonyl (C=O) groups excluding carboxylic acids is 1. The summed E-state index contributed by atoms with van der Waals surface area (Å²) in [7, 11) is 1.67. The third-order valence-corrected chi connectivity index (χ3v) is 4.54. The van der Waals surface area contributed by atoms with Crippen LogP contribution < -0.4 is 0 Å². The molecule has 0 heterocycles. The van der Waals surface area contributed by atoms with E-state index < -0.39 is 5.60 Å². The van der Waals surface area contributed by atoms with E-state index in [1.54, 1.807) is 7.11 Å². The van der Waals surface area contributed by atoms with Crippen LogP contribution in [0.5, 0.6) is 0 Å². The van der Waals surface area contributed by atoms with E-state index in [1.807, 2.05) is 18.2 Å². The summed E-state index contributed by atoms with van der Waals surface area (Å²) < 4.78 is 5.60. The molecular weight excluding hydrogens is 248 g/mol. The molecule has 0 aromatic heterocycles. The van der Waals surface area contributed by atoms with Gasteiger partial charge in [-0.2, -0.15) is 0 Å². The maximum absolute atomic E-state index is 12.7. The topological polar surface area (TPSA) is 26.3 Å². The van der Waals surface area contributed by atoms with Crippen LogP contribution in [0.2, 0.25) is 0 Å². The van der Waals surface area contributed by atoms with Gasteiger partial charge in [-0.25, -0.2) is 0 Å². The molecule has 2 aromatic carbocycles. The molecule has 1 aliphatic carbocycles. The molecule has 3 rings (SSSR count). The lowest BCUT2D eigenvalue weighted by atomic mass is 9.90. The molecule has 0 radical (unpaired) electrons. The number of hydrogen-bond donors (Lipinski definition) is 0. The monoisotopic (exact) mass is 268 g/mol. The van der Waals surface area contributed by atoms with Gasteiger partial charge in [0.2, 0.25) is 0 Å². The Bertz CT molecular complexity index is 619. The summed E-state index contributed by atoms with van der Waals surface area (Å²) in [5.74, 6) is 0.230. The number of carbonyl (C=O) groups is 1. The van der Waals surface area contributed by atoms with Crippen molar-refractivity contribution < 1.29 is 9.53 Å². The number of rotatable bonds is 4. The molecule has 2 nitrogen and oxygen atoms in total. The van der Waals surface area contributed by atoms with E-state index in [9.17, 15) is 4.79 Å². The highest BCUT2D eigenvalue weighted by molar-refractivity contribution is 5.94. The molecule has 1 aliphatic rings. The highest BCUT2D eigenvalue weighted by atomic mass is 16.5. The van der Waals surface area contributed by atoms with Crippen molar-refractivity contribution in [3.63, 3.8) is 0 Å². The molecule has 0 spiro atoms. The van der Waals surface area contributed by atoms with Gasteiger partial charge in [-0.15, -0.1) is 0 Å². The predicted octanol–water partition coefficient (Wildman–Crippen LogP) is 3.91. The fourth-order valence-electron chi connectivity index (χ4n) is 3.32. The highest BCUT2D eigenvalue weighted by Gasteiger charge is 2.40. The van der Waals surface area contributed by atoms with Crippen LogP contribution in [0.4, 0.5) is 0 Å². The molecular formula is C18H20O2. The van der Waals surface area contributed by atoms with Crippen molar-refractivity contribution in [3.05, 3.63) is 48.0 Å². The first kappa shape index (κ1) is 13.3. The van der Waals surface area contributed by atoms with Crippen LogP contribution in [0.15, 0.2) is 42.5 Å². The van der Waals surface area contributed by atoms with E-state index in [-0.39, 0.29) is 5.78 Å². The molecule has 20 heavy (non-hydrogen) atoms. The van der Waals surface area contributed by atoms with Crippen molar-refractivity contribution in [2.75, 3.05) is 7.11 Å². The maximum atomic E-state index is 12.7. The molecule has 0 atom stereocenters. The van der Waals surface area contributed by atoms with Gasteiger partial charge in [0, 0.05) is 13.5 Å². The molecule has 1 fully saturated rings. The van der Waals surface area contributed by atoms with Crippen LogP contribution >= 0.6 is 0 Å². The largest absolute Gasteiger partial charge is 0.370 e. The highest BCUT2D eigenvalue weighted by Crippen LogP contribution is 2.35. The van der Waals surface area contributed by atoms with Gasteiger partial charge in [0.25, 0.3) is 0 Å². The Balaban J connectivity index is 1.91. The fraction of sp³-hybridized carbons (Fsp3) is 0.389. The number of benzene rings is 2. The standard InChI is InChI=1S/C18H20O2/c1-20-18(11-4-5-12-18)17(19)13-15-9-6-8-14-7-2-3-10-16(14)15/h2-3,6-10H,4-5,11-13H2,1H3. The van der Waals surface area contributed by atoms with E-state index in [4.69, 9.17) is 4.74 Å². The Hall–Kier alpha value is -1.67. The molecule has 0 unspecified atom stereocenters. The van der Waals surface area contributed by atoms with Gasteiger partial charge < -0.3 is 4.74 Å². The van der Waals surface area contributed by atoms with Crippen molar-refractivity contribution in [2.45, 2.75) is 37.7 Å². The third-order valence-electron chi connectivity index (χ3n) is 4.54. The average Bonchev–Trinajstić information content (AvgIpc) is 2.98. The maximum Gasteiger partial charge on any atom is 0.168 e. The first-order valence-electron chi connectivity index (χ1n) is 7.30. The molecule has 0 saturated heterocycles. The van der Waals surface area contributed by atoms with E-state index in [2.05, 4.69) is 24.3 Å². The molecule has 0 aliphatic heterocycles. The van der Waals surface area contributed by atoms with Crippen LogP contribution in [0.3, 0.4) is 0 Å². The van der Waals surface area contributed by atoms with Crippen molar-refractivity contribution in [1.29, 1.82) is 0 Å². The number of fused-ring (bicyclic) bond motifs is 1. The molecule has 0 amide bonds. The Kier molecular flexibility index (Phi) is 3.58. The lowest BCUT2D eigenvalue weighted by Gasteiger charge is -2.26. The number of Topliss-reactive ketones (excluding diaryl/α,β-unsaturated/α-hetero) is 1. The molecule has 0 bridgehead atoms. The number of hydrogen-bond acceptors (Lipinski definition) is 2. The average molecular weight is 268 g/mol. The van der Waals surface area contributed by atoms with Crippen LogP contribution in [-0.4, -0.2) is 18.5 Å².